The van der Waals surface area contributed by atoms with Gasteiger partial charge in [-0.05, 0) is 0 Å². The second-order valence-corrected chi connectivity index (χ2v) is 3.49. The molecule has 16 heavy (non-hydrogen) atoms. The number of methoxy groups -OCH3 is 4. The van der Waals surface area contributed by atoms with Gasteiger partial charge < -0.3 is 23.7 Å². The molecule has 0 bridgehead atoms. The third-order valence-electron chi connectivity index (χ3n) is 2.63. The molecule has 0 N–H and O–H groups in total. The van der Waals surface area contributed by atoms with Gasteiger partial charge in [0.1, 0.15) is 12.2 Å². The molecule has 0 aromatic heterocycles. The molecule has 1 aliphatic heterocycles. The summed E-state index contributed by atoms with van der Waals surface area (Å²) in [4.78, 5) is 11.5. The first-order valence-electron chi connectivity index (χ1n) is 4.97. The molecule has 0 aliphatic carbocycles. The van der Waals surface area contributed by atoms with Crippen LogP contribution in [0.15, 0.2) is 0 Å². The minimum absolute atomic E-state index is 0.324. The fourth-order valence-electron chi connectivity index (χ4n) is 1.81. The highest BCUT2D eigenvalue weighted by Gasteiger charge is 2.49. The fourth-order valence-corrected chi connectivity index (χ4v) is 1.81. The molecule has 0 amide bonds. The number of rotatable bonds is 6. The standard InChI is InChI=1S/C10H18O6/c1-12-5-6(13-2)7-8(14-3)9(15-4)10(11)16-7/h6-9H,5H2,1-4H3/t6?,7-,8-,9-/m0/s1. The molecule has 1 saturated heterocycles. The maximum absolute atomic E-state index is 11.5. The molecule has 0 radical (unpaired) electrons. The van der Waals surface area contributed by atoms with Gasteiger partial charge in [0.15, 0.2) is 12.2 Å². The summed E-state index contributed by atoms with van der Waals surface area (Å²) in [6.45, 7) is 0.324. The SMILES string of the molecule is COCC(OC)[C@@H]1OC(=O)[C@@H](OC)[C@H]1OC. The lowest BCUT2D eigenvalue weighted by Crippen LogP contribution is -2.43. The van der Waals surface area contributed by atoms with E-state index in [2.05, 4.69) is 0 Å². The van der Waals surface area contributed by atoms with Crippen LogP contribution in [0.5, 0.6) is 0 Å². The number of ether oxygens (including phenoxy) is 5. The highest BCUT2D eigenvalue weighted by molar-refractivity contribution is 5.78. The Bertz CT molecular complexity index is 231. The highest BCUT2D eigenvalue weighted by Crippen LogP contribution is 2.24. The molecule has 4 atom stereocenters. The Morgan fingerprint density at radius 1 is 1.25 bits per heavy atom. The fraction of sp³-hybridized carbons (Fsp3) is 0.900. The van der Waals surface area contributed by atoms with Gasteiger partial charge in [0.2, 0.25) is 0 Å². The van der Waals surface area contributed by atoms with E-state index in [1.54, 1.807) is 7.11 Å². The van der Waals surface area contributed by atoms with Crippen molar-refractivity contribution >= 4 is 5.97 Å². The van der Waals surface area contributed by atoms with Crippen molar-refractivity contribution in [2.45, 2.75) is 24.4 Å². The van der Waals surface area contributed by atoms with Gasteiger partial charge in [-0.1, -0.05) is 0 Å². The first-order valence-corrected chi connectivity index (χ1v) is 4.97. The summed E-state index contributed by atoms with van der Waals surface area (Å²) in [5.41, 5.74) is 0. The summed E-state index contributed by atoms with van der Waals surface area (Å²) in [6, 6.07) is 0. The first-order chi connectivity index (χ1) is 7.69. The number of hydrogen-bond acceptors (Lipinski definition) is 6. The third kappa shape index (κ3) is 2.52. The molecule has 6 heteroatoms. The average Bonchev–Trinajstić information content (AvgIpc) is 2.61. The first kappa shape index (κ1) is 13.4. The summed E-state index contributed by atoms with van der Waals surface area (Å²) in [6.07, 6.45) is -2.05. The molecule has 1 aliphatic rings. The van der Waals surface area contributed by atoms with Crippen LogP contribution in [0.4, 0.5) is 0 Å². The summed E-state index contributed by atoms with van der Waals surface area (Å²) in [7, 11) is 6.03. The van der Waals surface area contributed by atoms with E-state index in [9.17, 15) is 4.79 Å². The van der Waals surface area contributed by atoms with Gasteiger partial charge in [-0.25, -0.2) is 4.79 Å². The van der Waals surface area contributed by atoms with Crippen LogP contribution in [0.1, 0.15) is 0 Å². The maximum Gasteiger partial charge on any atom is 0.338 e. The zero-order chi connectivity index (χ0) is 12.1. The molecule has 1 fully saturated rings. The highest BCUT2D eigenvalue weighted by atomic mass is 16.6. The van der Waals surface area contributed by atoms with Crippen molar-refractivity contribution in [2.75, 3.05) is 35.0 Å². The van der Waals surface area contributed by atoms with Crippen molar-refractivity contribution in [3.8, 4) is 0 Å². The van der Waals surface area contributed by atoms with Crippen molar-refractivity contribution in [3.05, 3.63) is 0 Å². The number of cyclic esters (lactones) is 1. The minimum Gasteiger partial charge on any atom is -0.455 e. The summed E-state index contributed by atoms with van der Waals surface area (Å²) < 4.78 is 25.6. The normalized spacial score (nSPS) is 31.5. The Hall–Kier alpha value is -0.690. The lowest BCUT2D eigenvalue weighted by Gasteiger charge is -2.25. The Morgan fingerprint density at radius 3 is 2.38 bits per heavy atom. The quantitative estimate of drug-likeness (QED) is 0.583. The lowest BCUT2D eigenvalue weighted by atomic mass is 10.1. The van der Waals surface area contributed by atoms with Crippen molar-refractivity contribution in [3.63, 3.8) is 0 Å². The van der Waals surface area contributed by atoms with Crippen LogP contribution in [0.2, 0.25) is 0 Å². The topological polar surface area (TPSA) is 63.2 Å². The Labute approximate surface area is 94.7 Å². The average molecular weight is 234 g/mol. The number of hydrogen-bond donors (Lipinski definition) is 0. The van der Waals surface area contributed by atoms with Gasteiger partial charge in [-0.2, -0.15) is 0 Å². The van der Waals surface area contributed by atoms with Gasteiger partial charge in [0.05, 0.1) is 6.61 Å². The molecule has 94 valence electrons. The molecular formula is C10H18O6. The maximum atomic E-state index is 11.5. The van der Waals surface area contributed by atoms with E-state index in [-0.39, 0.29) is 6.10 Å². The van der Waals surface area contributed by atoms with Crippen molar-refractivity contribution in [2.24, 2.45) is 0 Å². The van der Waals surface area contributed by atoms with Gasteiger partial charge in [0.25, 0.3) is 0 Å². The van der Waals surface area contributed by atoms with E-state index < -0.39 is 24.3 Å². The van der Waals surface area contributed by atoms with E-state index in [1.165, 1.54) is 21.3 Å². The summed E-state index contributed by atoms with van der Waals surface area (Å²) in [5, 5.41) is 0. The van der Waals surface area contributed by atoms with Crippen molar-refractivity contribution in [1.29, 1.82) is 0 Å². The molecule has 0 aromatic carbocycles. The minimum atomic E-state index is -0.704. The van der Waals surface area contributed by atoms with Crippen LogP contribution < -0.4 is 0 Å². The lowest BCUT2D eigenvalue weighted by molar-refractivity contribution is -0.153. The van der Waals surface area contributed by atoms with Crippen LogP contribution in [-0.2, 0) is 28.5 Å². The molecule has 0 spiro atoms. The van der Waals surface area contributed by atoms with Crippen LogP contribution >= 0.6 is 0 Å². The Kier molecular flexibility index (Phi) is 5.14. The number of esters is 1. The molecule has 0 aromatic rings. The molecule has 1 heterocycles. The zero-order valence-electron chi connectivity index (χ0n) is 9.97. The molecule has 1 unspecified atom stereocenters. The smallest absolute Gasteiger partial charge is 0.338 e. The van der Waals surface area contributed by atoms with Crippen molar-refractivity contribution in [1.82, 2.24) is 0 Å². The van der Waals surface area contributed by atoms with Crippen molar-refractivity contribution < 1.29 is 28.5 Å². The van der Waals surface area contributed by atoms with Gasteiger partial charge >= 0.3 is 5.97 Å². The second-order valence-electron chi connectivity index (χ2n) is 3.49. The largest absolute Gasteiger partial charge is 0.455 e. The van der Waals surface area contributed by atoms with E-state index >= 15 is 0 Å². The molecule has 1 rings (SSSR count). The van der Waals surface area contributed by atoms with E-state index in [4.69, 9.17) is 23.7 Å². The van der Waals surface area contributed by atoms with Gasteiger partial charge in [-0.15, -0.1) is 0 Å². The Morgan fingerprint density at radius 2 is 1.94 bits per heavy atom. The van der Waals surface area contributed by atoms with E-state index in [0.29, 0.717) is 6.61 Å². The van der Waals surface area contributed by atoms with Gasteiger partial charge in [-0.3, -0.25) is 0 Å². The van der Waals surface area contributed by atoms with Crippen LogP contribution in [-0.4, -0.2) is 65.4 Å². The van der Waals surface area contributed by atoms with E-state index in [1.807, 2.05) is 0 Å². The van der Waals surface area contributed by atoms with E-state index in [0.717, 1.165) is 0 Å². The van der Waals surface area contributed by atoms with Crippen LogP contribution in [0.3, 0.4) is 0 Å². The third-order valence-corrected chi connectivity index (χ3v) is 2.63. The number of carbonyl (C=O) groups is 1. The second kappa shape index (κ2) is 6.15. The predicted octanol–water partition coefficient (Wildman–Crippen LogP) is -0.397. The van der Waals surface area contributed by atoms with Crippen LogP contribution in [0, 0.1) is 0 Å². The predicted molar refractivity (Wildman–Crippen MR) is 54.1 cm³/mol. The Balaban J connectivity index is 2.75. The zero-order valence-corrected chi connectivity index (χ0v) is 9.97. The monoisotopic (exact) mass is 234 g/mol. The number of carbonyl (C=O) groups excluding carboxylic acids is 1. The molecule has 0 saturated carbocycles. The van der Waals surface area contributed by atoms with Gasteiger partial charge in [0, 0.05) is 28.4 Å². The van der Waals surface area contributed by atoms with Crippen LogP contribution in [0.25, 0.3) is 0 Å². The molecule has 6 nitrogen and oxygen atoms in total. The summed E-state index contributed by atoms with van der Waals surface area (Å²) in [5.74, 6) is -0.433. The summed E-state index contributed by atoms with van der Waals surface area (Å²) >= 11 is 0. The molecular weight excluding hydrogens is 216 g/mol.